The molecule has 2 heterocycles. The molecule has 0 bridgehead atoms. The number of carbonyl (C=O) groups is 1. The van der Waals surface area contributed by atoms with Gasteiger partial charge < -0.3 is 10.4 Å². The standard InChI is InChI=1S/C17H26N4O2/c1-11(2)7-13(5-6-22)9-19-17(23)14-8-15-12(3)20-21(4)16(15)18-10-14/h8,10-11,13,22H,5-7,9H2,1-4H3,(H,19,23). The van der Waals surface area contributed by atoms with Gasteiger partial charge in [0.15, 0.2) is 5.65 Å². The van der Waals surface area contributed by atoms with Crippen molar-refractivity contribution in [2.45, 2.75) is 33.6 Å². The monoisotopic (exact) mass is 318 g/mol. The first-order valence-electron chi connectivity index (χ1n) is 8.10. The van der Waals surface area contributed by atoms with Crippen LogP contribution < -0.4 is 5.32 Å². The zero-order valence-corrected chi connectivity index (χ0v) is 14.3. The first-order chi connectivity index (χ1) is 10.9. The number of carbonyl (C=O) groups excluding carboxylic acids is 1. The van der Waals surface area contributed by atoms with Crippen molar-refractivity contribution in [3.8, 4) is 0 Å². The smallest absolute Gasteiger partial charge is 0.252 e. The van der Waals surface area contributed by atoms with Crippen LogP contribution in [0.3, 0.4) is 0 Å². The number of aliphatic hydroxyl groups excluding tert-OH is 1. The predicted molar refractivity (Wildman–Crippen MR) is 90.2 cm³/mol. The van der Waals surface area contributed by atoms with Gasteiger partial charge in [0.2, 0.25) is 0 Å². The molecule has 2 N–H and O–H groups in total. The van der Waals surface area contributed by atoms with Crippen LogP contribution in [0.2, 0.25) is 0 Å². The Hall–Kier alpha value is -1.95. The van der Waals surface area contributed by atoms with E-state index in [0.717, 1.165) is 23.1 Å². The normalized spacial score (nSPS) is 12.8. The van der Waals surface area contributed by atoms with Crippen molar-refractivity contribution in [3.05, 3.63) is 23.5 Å². The molecule has 2 rings (SSSR count). The third-order valence-electron chi connectivity index (χ3n) is 4.02. The summed E-state index contributed by atoms with van der Waals surface area (Å²) in [6, 6.07) is 1.84. The number of aliphatic hydroxyl groups is 1. The van der Waals surface area contributed by atoms with Crippen molar-refractivity contribution in [1.82, 2.24) is 20.1 Å². The van der Waals surface area contributed by atoms with E-state index in [1.165, 1.54) is 0 Å². The Morgan fingerprint density at radius 3 is 2.83 bits per heavy atom. The number of hydrogen-bond acceptors (Lipinski definition) is 4. The van der Waals surface area contributed by atoms with Gasteiger partial charge in [-0.05, 0) is 37.7 Å². The van der Waals surface area contributed by atoms with Crippen molar-refractivity contribution in [2.24, 2.45) is 18.9 Å². The first-order valence-corrected chi connectivity index (χ1v) is 8.10. The number of amides is 1. The van der Waals surface area contributed by atoms with Crippen LogP contribution in [0.25, 0.3) is 11.0 Å². The molecule has 2 aromatic rings. The summed E-state index contributed by atoms with van der Waals surface area (Å²) < 4.78 is 1.71. The second kappa shape index (κ2) is 7.55. The van der Waals surface area contributed by atoms with E-state index in [0.29, 0.717) is 30.4 Å². The van der Waals surface area contributed by atoms with Crippen LogP contribution in [0.1, 0.15) is 42.7 Å². The highest BCUT2D eigenvalue weighted by atomic mass is 16.3. The lowest BCUT2D eigenvalue weighted by molar-refractivity contribution is 0.0941. The molecule has 1 amide bonds. The third-order valence-corrected chi connectivity index (χ3v) is 4.02. The Morgan fingerprint density at radius 1 is 1.43 bits per heavy atom. The van der Waals surface area contributed by atoms with E-state index < -0.39 is 0 Å². The maximum absolute atomic E-state index is 12.4. The van der Waals surface area contributed by atoms with E-state index in [1.54, 1.807) is 10.9 Å². The third kappa shape index (κ3) is 4.28. The Labute approximate surface area is 136 Å². The van der Waals surface area contributed by atoms with Crippen LogP contribution in [0, 0.1) is 18.8 Å². The van der Waals surface area contributed by atoms with E-state index in [9.17, 15) is 4.79 Å². The average molecular weight is 318 g/mol. The Bertz CT molecular complexity index is 679. The predicted octanol–water partition coefficient (Wildman–Crippen LogP) is 2.05. The Balaban J connectivity index is 2.06. The zero-order valence-electron chi connectivity index (χ0n) is 14.3. The van der Waals surface area contributed by atoms with Crippen molar-refractivity contribution < 1.29 is 9.90 Å². The molecule has 0 aromatic carbocycles. The van der Waals surface area contributed by atoms with Crippen molar-refractivity contribution >= 4 is 16.9 Å². The fourth-order valence-electron chi connectivity index (χ4n) is 2.92. The van der Waals surface area contributed by atoms with Crippen molar-refractivity contribution in [3.63, 3.8) is 0 Å². The molecule has 0 aliphatic carbocycles. The lowest BCUT2D eigenvalue weighted by Gasteiger charge is -2.18. The summed E-state index contributed by atoms with van der Waals surface area (Å²) in [4.78, 5) is 16.7. The van der Waals surface area contributed by atoms with Crippen LogP contribution in [0.5, 0.6) is 0 Å². The van der Waals surface area contributed by atoms with Gasteiger partial charge in [-0.25, -0.2) is 4.98 Å². The van der Waals surface area contributed by atoms with Gasteiger partial charge in [0.25, 0.3) is 5.91 Å². The number of nitrogens with one attached hydrogen (secondary N) is 1. The first kappa shape index (κ1) is 17.4. The molecule has 0 saturated heterocycles. The van der Waals surface area contributed by atoms with E-state index >= 15 is 0 Å². The molecule has 0 aliphatic heterocycles. The van der Waals surface area contributed by atoms with Gasteiger partial charge in [0, 0.05) is 31.8 Å². The minimum atomic E-state index is -0.130. The minimum absolute atomic E-state index is 0.130. The molecule has 0 aliphatic rings. The molecule has 0 saturated carbocycles. The van der Waals surface area contributed by atoms with Gasteiger partial charge >= 0.3 is 0 Å². The highest BCUT2D eigenvalue weighted by Gasteiger charge is 2.15. The number of rotatable bonds is 7. The fraction of sp³-hybridized carbons (Fsp3) is 0.588. The topological polar surface area (TPSA) is 80.0 Å². The van der Waals surface area contributed by atoms with Crippen LogP contribution in [0.4, 0.5) is 0 Å². The van der Waals surface area contributed by atoms with E-state index in [1.807, 2.05) is 20.0 Å². The second-order valence-electron chi connectivity index (χ2n) is 6.52. The number of aryl methyl sites for hydroxylation is 2. The molecule has 0 radical (unpaired) electrons. The number of nitrogens with zero attached hydrogens (tertiary/aromatic N) is 3. The summed E-state index contributed by atoms with van der Waals surface area (Å²) in [5.41, 5.74) is 2.18. The lowest BCUT2D eigenvalue weighted by atomic mass is 9.94. The van der Waals surface area contributed by atoms with E-state index in [-0.39, 0.29) is 12.5 Å². The van der Waals surface area contributed by atoms with Gasteiger partial charge in [-0.15, -0.1) is 0 Å². The Kier molecular flexibility index (Phi) is 5.71. The van der Waals surface area contributed by atoms with Gasteiger partial charge in [-0.2, -0.15) is 5.10 Å². The molecule has 6 heteroatoms. The fourth-order valence-corrected chi connectivity index (χ4v) is 2.92. The molecule has 0 spiro atoms. The highest BCUT2D eigenvalue weighted by molar-refractivity contribution is 5.97. The molecule has 23 heavy (non-hydrogen) atoms. The summed E-state index contributed by atoms with van der Waals surface area (Å²) in [7, 11) is 1.84. The molecule has 126 valence electrons. The highest BCUT2D eigenvalue weighted by Crippen LogP contribution is 2.17. The van der Waals surface area contributed by atoms with Crippen molar-refractivity contribution in [1.29, 1.82) is 0 Å². The summed E-state index contributed by atoms with van der Waals surface area (Å²) in [6.07, 6.45) is 3.28. The summed E-state index contributed by atoms with van der Waals surface area (Å²) >= 11 is 0. The summed E-state index contributed by atoms with van der Waals surface area (Å²) in [5.74, 6) is 0.703. The van der Waals surface area contributed by atoms with Crippen LogP contribution in [-0.2, 0) is 7.05 Å². The van der Waals surface area contributed by atoms with Gasteiger partial charge in [-0.1, -0.05) is 13.8 Å². The molecule has 1 unspecified atom stereocenters. The molecule has 1 atom stereocenters. The molecular weight excluding hydrogens is 292 g/mol. The zero-order chi connectivity index (χ0) is 17.0. The van der Waals surface area contributed by atoms with Crippen molar-refractivity contribution in [2.75, 3.05) is 13.2 Å². The van der Waals surface area contributed by atoms with Crippen LogP contribution in [-0.4, -0.2) is 38.9 Å². The molecule has 2 aromatic heterocycles. The maximum atomic E-state index is 12.4. The summed E-state index contributed by atoms with van der Waals surface area (Å²) in [5, 5.41) is 17.3. The molecular formula is C17H26N4O2. The van der Waals surface area contributed by atoms with E-state index in [2.05, 4.69) is 29.2 Å². The molecule has 6 nitrogen and oxygen atoms in total. The minimum Gasteiger partial charge on any atom is -0.396 e. The van der Waals surface area contributed by atoms with Gasteiger partial charge in [0.1, 0.15) is 0 Å². The average Bonchev–Trinajstić information content (AvgIpc) is 2.78. The summed E-state index contributed by atoms with van der Waals surface area (Å²) in [6.45, 7) is 6.92. The second-order valence-corrected chi connectivity index (χ2v) is 6.52. The van der Waals surface area contributed by atoms with Crippen LogP contribution in [0.15, 0.2) is 12.3 Å². The maximum Gasteiger partial charge on any atom is 0.252 e. The van der Waals surface area contributed by atoms with Crippen LogP contribution >= 0.6 is 0 Å². The SMILES string of the molecule is Cc1nn(C)c2ncc(C(=O)NCC(CCO)CC(C)C)cc12. The molecule has 0 fully saturated rings. The number of hydrogen-bond donors (Lipinski definition) is 2. The van der Waals surface area contributed by atoms with Gasteiger partial charge in [0.05, 0.1) is 11.3 Å². The Morgan fingerprint density at radius 2 is 2.17 bits per heavy atom. The number of pyridine rings is 1. The largest absolute Gasteiger partial charge is 0.396 e. The van der Waals surface area contributed by atoms with E-state index in [4.69, 9.17) is 5.11 Å². The lowest BCUT2D eigenvalue weighted by Crippen LogP contribution is -2.30. The quantitative estimate of drug-likeness (QED) is 0.819. The van der Waals surface area contributed by atoms with Gasteiger partial charge in [-0.3, -0.25) is 9.48 Å². The number of fused-ring (bicyclic) bond motifs is 1. The number of aromatic nitrogens is 3.